The third kappa shape index (κ3) is 4.29. The van der Waals surface area contributed by atoms with Crippen LogP contribution in [0.1, 0.15) is 5.56 Å². The Balaban J connectivity index is 2.20. The Bertz CT molecular complexity index is 284. The Morgan fingerprint density at radius 3 is 2.62 bits per heavy atom. The number of ether oxygens (including phenoxy) is 1. The fourth-order valence-corrected chi connectivity index (χ4v) is 0.892. The molecule has 0 bridgehead atoms. The summed E-state index contributed by atoms with van der Waals surface area (Å²) in [5.74, 6) is 4.85. The van der Waals surface area contributed by atoms with Crippen LogP contribution in [0.5, 0.6) is 0 Å². The molecule has 1 rings (SSSR count). The molecule has 0 radical (unpaired) electrons. The molecule has 2 heteroatoms. The Kier molecular flexibility index (Phi) is 4.66. The van der Waals surface area contributed by atoms with Crippen LogP contribution in [0.3, 0.4) is 0 Å². The van der Waals surface area contributed by atoms with Crippen molar-refractivity contribution in [2.75, 3.05) is 13.3 Å². The SMILES string of the molecule is FCC#CCOCc1ccccc1. The van der Waals surface area contributed by atoms with Crippen molar-refractivity contribution in [1.29, 1.82) is 0 Å². The normalized spacial score (nSPS) is 9.00. The van der Waals surface area contributed by atoms with Crippen LogP contribution >= 0.6 is 0 Å². The van der Waals surface area contributed by atoms with Crippen LogP contribution in [0.4, 0.5) is 4.39 Å². The highest BCUT2D eigenvalue weighted by atomic mass is 19.1. The van der Waals surface area contributed by atoms with Crippen molar-refractivity contribution in [3.63, 3.8) is 0 Å². The number of hydrogen-bond donors (Lipinski definition) is 0. The third-order valence-electron chi connectivity index (χ3n) is 1.48. The monoisotopic (exact) mass is 178 g/mol. The van der Waals surface area contributed by atoms with Crippen molar-refractivity contribution >= 4 is 0 Å². The van der Waals surface area contributed by atoms with Crippen molar-refractivity contribution in [3.05, 3.63) is 35.9 Å². The fourth-order valence-electron chi connectivity index (χ4n) is 0.892. The average Bonchev–Trinajstić information content (AvgIpc) is 2.19. The average molecular weight is 178 g/mol. The number of halogens is 1. The molecule has 0 aliphatic carbocycles. The molecule has 0 aliphatic heterocycles. The first-order valence-corrected chi connectivity index (χ1v) is 4.07. The second-order valence-electron chi connectivity index (χ2n) is 2.47. The Labute approximate surface area is 77.5 Å². The van der Waals surface area contributed by atoms with Gasteiger partial charge in [-0.05, 0) is 5.56 Å². The number of rotatable bonds is 3. The molecule has 1 nitrogen and oxygen atoms in total. The molecule has 0 saturated carbocycles. The summed E-state index contributed by atoms with van der Waals surface area (Å²) in [4.78, 5) is 0. The van der Waals surface area contributed by atoms with E-state index in [-0.39, 0.29) is 0 Å². The molecule has 0 unspecified atom stereocenters. The second-order valence-corrected chi connectivity index (χ2v) is 2.47. The summed E-state index contributed by atoms with van der Waals surface area (Å²) in [5, 5.41) is 0. The minimum Gasteiger partial charge on any atom is -0.364 e. The Hall–Kier alpha value is -1.33. The molecule has 68 valence electrons. The van der Waals surface area contributed by atoms with Gasteiger partial charge in [-0.1, -0.05) is 42.2 Å². The van der Waals surface area contributed by atoms with E-state index in [1.54, 1.807) is 0 Å². The number of benzene rings is 1. The molecule has 0 saturated heterocycles. The molecule has 0 aliphatic rings. The van der Waals surface area contributed by atoms with Gasteiger partial charge in [0.2, 0.25) is 0 Å². The molecule has 0 N–H and O–H groups in total. The standard InChI is InChI=1S/C11H11FO/c12-8-4-5-9-13-10-11-6-2-1-3-7-11/h1-3,6-7H,8-10H2. The molecule has 0 aromatic heterocycles. The molecule has 1 aromatic rings. The quantitative estimate of drug-likeness (QED) is 0.509. The highest BCUT2D eigenvalue weighted by molar-refractivity contribution is 5.13. The van der Waals surface area contributed by atoms with Crippen molar-refractivity contribution in [2.45, 2.75) is 6.61 Å². The lowest BCUT2D eigenvalue weighted by molar-refractivity contribution is 0.153. The summed E-state index contributed by atoms with van der Waals surface area (Å²) < 4.78 is 16.7. The molecule has 0 atom stereocenters. The van der Waals surface area contributed by atoms with Gasteiger partial charge in [-0.15, -0.1) is 0 Å². The van der Waals surface area contributed by atoms with Gasteiger partial charge in [0.25, 0.3) is 0 Å². The maximum atomic E-state index is 11.5. The van der Waals surface area contributed by atoms with Gasteiger partial charge in [-0.25, -0.2) is 4.39 Å². The largest absolute Gasteiger partial charge is 0.364 e. The molecular formula is C11H11FO. The van der Waals surface area contributed by atoms with Gasteiger partial charge >= 0.3 is 0 Å². The molecule has 0 amide bonds. The molecule has 13 heavy (non-hydrogen) atoms. The maximum absolute atomic E-state index is 11.5. The van der Waals surface area contributed by atoms with Gasteiger partial charge in [0.1, 0.15) is 13.3 Å². The lowest BCUT2D eigenvalue weighted by Gasteiger charge is -1.98. The summed E-state index contributed by atoms with van der Waals surface area (Å²) in [7, 11) is 0. The maximum Gasteiger partial charge on any atom is 0.150 e. The fraction of sp³-hybridized carbons (Fsp3) is 0.273. The topological polar surface area (TPSA) is 9.23 Å². The Morgan fingerprint density at radius 2 is 1.92 bits per heavy atom. The first-order valence-electron chi connectivity index (χ1n) is 4.07. The smallest absolute Gasteiger partial charge is 0.150 e. The van der Waals surface area contributed by atoms with Gasteiger partial charge < -0.3 is 4.74 Å². The zero-order valence-corrected chi connectivity index (χ0v) is 7.29. The van der Waals surface area contributed by atoms with E-state index in [0.717, 1.165) is 5.56 Å². The van der Waals surface area contributed by atoms with E-state index in [1.165, 1.54) is 0 Å². The second kappa shape index (κ2) is 6.22. The van der Waals surface area contributed by atoms with E-state index in [4.69, 9.17) is 4.74 Å². The summed E-state index contributed by atoms with van der Waals surface area (Å²) in [6.07, 6.45) is 0. The first kappa shape index (κ1) is 9.76. The van der Waals surface area contributed by atoms with Crippen molar-refractivity contribution in [3.8, 4) is 11.8 Å². The van der Waals surface area contributed by atoms with E-state index in [9.17, 15) is 4.39 Å². The van der Waals surface area contributed by atoms with Crippen LogP contribution in [-0.2, 0) is 11.3 Å². The van der Waals surface area contributed by atoms with E-state index in [0.29, 0.717) is 13.2 Å². The van der Waals surface area contributed by atoms with E-state index in [1.807, 2.05) is 30.3 Å². The van der Waals surface area contributed by atoms with Crippen LogP contribution in [0.15, 0.2) is 30.3 Å². The van der Waals surface area contributed by atoms with Crippen molar-refractivity contribution in [1.82, 2.24) is 0 Å². The lowest BCUT2D eigenvalue weighted by atomic mass is 10.2. The molecule has 0 spiro atoms. The Morgan fingerprint density at radius 1 is 1.15 bits per heavy atom. The minimum absolute atomic E-state index is 0.290. The summed E-state index contributed by atoms with van der Waals surface area (Å²) in [5.41, 5.74) is 1.10. The number of hydrogen-bond acceptors (Lipinski definition) is 1. The molecule has 0 heterocycles. The highest BCUT2D eigenvalue weighted by Gasteiger charge is 1.88. The zero-order chi connectivity index (χ0) is 9.36. The van der Waals surface area contributed by atoms with Crippen LogP contribution in [0, 0.1) is 11.8 Å². The number of alkyl halides is 1. The minimum atomic E-state index is -0.602. The summed E-state index contributed by atoms with van der Waals surface area (Å²) in [6, 6.07) is 9.80. The summed E-state index contributed by atoms with van der Waals surface area (Å²) >= 11 is 0. The zero-order valence-electron chi connectivity index (χ0n) is 7.29. The van der Waals surface area contributed by atoms with Crippen LogP contribution < -0.4 is 0 Å². The third-order valence-corrected chi connectivity index (χ3v) is 1.48. The van der Waals surface area contributed by atoms with Crippen LogP contribution in [-0.4, -0.2) is 13.3 Å². The van der Waals surface area contributed by atoms with Gasteiger partial charge in [-0.2, -0.15) is 0 Å². The highest BCUT2D eigenvalue weighted by Crippen LogP contribution is 1.99. The van der Waals surface area contributed by atoms with E-state index >= 15 is 0 Å². The van der Waals surface area contributed by atoms with Gasteiger partial charge in [0, 0.05) is 0 Å². The molecule has 1 aromatic carbocycles. The molecular weight excluding hydrogens is 167 g/mol. The van der Waals surface area contributed by atoms with E-state index < -0.39 is 6.67 Å². The van der Waals surface area contributed by atoms with E-state index in [2.05, 4.69) is 11.8 Å². The van der Waals surface area contributed by atoms with Gasteiger partial charge in [0.05, 0.1) is 6.61 Å². The lowest BCUT2D eigenvalue weighted by Crippen LogP contribution is -1.92. The van der Waals surface area contributed by atoms with Gasteiger partial charge in [-0.3, -0.25) is 0 Å². The predicted octanol–water partition coefficient (Wildman–Crippen LogP) is 2.18. The van der Waals surface area contributed by atoms with Crippen LogP contribution in [0.25, 0.3) is 0 Å². The van der Waals surface area contributed by atoms with Gasteiger partial charge in [0.15, 0.2) is 0 Å². The van der Waals surface area contributed by atoms with Crippen molar-refractivity contribution in [2.24, 2.45) is 0 Å². The summed E-state index contributed by atoms with van der Waals surface area (Å²) in [6.45, 7) is 0.218. The first-order chi connectivity index (χ1) is 6.43. The molecule has 0 fully saturated rings. The predicted molar refractivity (Wildman–Crippen MR) is 49.8 cm³/mol. The van der Waals surface area contributed by atoms with Crippen LogP contribution in [0.2, 0.25) is 0 Å². The van der Waals surface area contributed by atoms with Crippen molar-refractivity contribution < 1.29 is 9.13 Å².